The summed E-state index contributed by atoms with van der Waals surface area (Å²) in [4.78, 5) is 23.6. The molecule has 0 saturated heterocycles. The molecule has 6 heteroatoms. The van der Waals surface area contributed by atoms with Crippen molar-refractivity contribution in [1.29, 1.82) is 0 Å². The number of hydrogen-bond donors (Lipinski definition) is 0. The molecule has 0 fully saturated rings. The van der Waals surface area contributed by atoms with E-state index in [-0.39, 0.29) is 13.2 Å². The molecule has 4 aromatic carbocycles. The minimum atomic E-state index is 0.273. The van der Waals surface area contributed by atoms with E-state index < -0.39 is 0 Å². The van der Waals surface area contributed by atoms with Crippen molar-refractivity contribution in [2.75, 3.05) is 14.2 Å². The van der Waals surface area contributed by atoms with Crippen molar-refractivity contribution in [2.45, 2.75) is 13.2 Å². The molecular formula is C30H26O6. The van der Waals surface area contributed by atoms with Gasteiger partial charge in [0.1, 0.15) is 25.8 Å². The minimum Gasteiger partial charge on any atom is -0.493 e. The van der Waals surface area contributed by atoms with E-state index in [4.69, 9.17) is 18.9 Å². The largest absolute Gasteiger partial charge is 0.493 e. The lowest BCUT2D eigenvalue weighted by atomic mass is 9.98. The molecule has 0 atom stereocenters. The summed E-state index contributed by atoms with van der Waals surface area (Å²) in [6.07, 6.45) is 1.47. The SMILES string of the molecule is COc1cc(C=O)cc(-c2cc(C=O)cc(OC)c2OCc2ccccc2)c1OCc1ccccc1. The Hall–Kier alpha value is -4.58. The lowest BCUT2D eigenvalue weighted by Gasteiger charge is -2.20. The molecule has 0 N–H and O–H groups in total. The van der Waals surface area contributed by atoms with Crippen molar-refractivity contribution in [3.05, 3.63) is 107 Å². The van der Waals surface area contributed by atoms with E-state index in [1.165, 1.54) is 14.2 Å². The van der Waals surface area contributed by atoms with Gasteiger partial charge >= 0.3 is 0 Å². The number of hydrogen-bond acceptors (Lipinski definition) is 6. The fourth-order valence-electron chi connectivity index (χ4n) is 3.84. The number of aldehydes is 2. The van der Waals surface area contributed by atoms with Crippen LogP contribution >= 0.6 is 0 Å². The highest BCUT2D eigenvalue weighted by atomic mass is 16.5. The topological polar surface area (TPSA) is 71.1 Å². The van der Waals surface area contributed by atoms with Gasteiger partial charge < -0.3 is 18.9 Å². The highest BCUT2D eigenvalue weighted by Crippen LogP contribution is 2.47. The Morgan fingerprint density at radius 1 is 0.583 bits per heavy atom. The summed E-state index contributed by atoms with van der Waals surface area (Å²) in [5, 5.41) is 0. The second kappa shape index (κ2) is 11.7. The number of carbonyl (C=O) groups excluding carboxylic acids is 2. The van der Waals surface area contributed by atoms with E-state index in [0.29, 0.717) is 45.3 Å². The molecule has 6 nitrogen and oxygen atoms in total. The van der Waals surface area contributed by atoms with Crippen molar-refractivity contribution in [3.63, 3.8) is 0 Å². The molecule has 0 aromatic heterocycles. The average Bonchev–Trinajstić information content (AvgIpc) is 2.95. The van der Waals surface area contributed by atoms with Gasteiger partial charge in [-0.1, -0.05) is 60.7 Å². The van der Waals surface area contributed by atoms with Crippen LogP contribution < -0.4 is 18.9 Å². The summed E-state index contributed by atoms with van der Waals surface area (Å²) in [5.41, 5.74) is 3.78. The Morgan fingerprint density at radius 2 is 0.972 bits per heavy atom. The number of carbonyl (C=O) groups is 2. The molecule has 0 aliphatic carbocycles. The first kappa shape index (κ1) is 24.5. The van der Waals surface area contributed by atoms with Crippen molar-refractivity contribution < 1.29 is 28.5 Å². The number of rotatable bonds is 11. The maximum Gasteiger partial charge on any atom is 0.169 e. The maximum atomic E-state index is 11.8. The molecule has 0 aliphatic rings. The summed E-state index contributed by atoms with van der Waals surface area (Å²) < 4.78 is 23.7. The van der Waals surface area contributed by atoms with Crippen LogP contribution in [0.4, 0.5) is 0 Å². The quantitative estimate of drug-likeness (QED) is 0.239. The Bertz CT molecular complexity index is 1230. The van der Waals surface area contributed by atoms with Gasteiger partial charge in [-0.3, -0.25) is 9.59 Å². The zero-order valence-electron chi connectivity index (χ0n) is 20.1. The molecule has 0 bridgehead atoms. The highest BCUT2D eigenvalue weighted by molar-refractivity contribution is 5.90. The molecule has 0 aliphatic heterocycles. The van der Waals surface area contributed by atoms with Crippen molar-refractivity contribution in [2.24, 2.45) is 0 Å². The molecule has 4 aromatic rings. The number of ether oxygens (including phenoxy) is 4. The molecule has 4 rings (SSSR count). The Morgan fingerprint density at radius 3 is 1.31 bits per heavy atom. The molecule has 0 amide bonds. The Kier molecular flexibility index (Phi) is 7.98. The summed E-state index contributed by atoms with van der Waals surface area (Å²) in [5.74, 6) is 1.60. The second-order valence-corrected chi connectivity index (χ2v) is 7.98. The smallest absolute Gasteiger partial charge is 0.169 e. The molecule has 0 saturated carbocycles. The predicted molar refractivity (Wildman–Crippen MR) is 137 cm³/mol. The summed E-state index contributed by atoms with van der Waals surface area (Å²) >= 11 is 0. The fraction of sp³-hybridized carbons (Fsp3) is 0.133. The van der Waals surface area contributed by atoms with Crippen molar-refractivity contribution in [3.8, 4) is 34.1 Å². The van der Waals surface area contributed by atoms with Crippen LogP contribution in [0.5, 0.6) is 23.0 Å². The second-order valence-electron chi connectivity index (χ2n) is 7.98. The molecular weight excluding hydrogens is 456 g/mol. The third kappa shape index (κ3) is 5.55. The monoisotopic (exact) mass is 482 g/mol. The summed E-state index contributed by atoms with van der Waals surface area (Å²) in [6, 6.07) is 26.0. The van der Waals surface area contributed by atoms with Crippen LogP contribution in [0.3, 0.4) is 0 Å². The van der Waals surface area contributed by atoms with E-state index in [0.717, 1.165) is 23.7 Å². The third-order valence-corrected chi connectivity index (χ3v) is 5.61. The van der Waals surface area contributed by atoms with Gasteiger partial charge in [-0.05, 0) is 35.4 Å². The lowest BCUT2D eigenvalue weighted by Crippen LogP contribution is -2.04. The minimum absolute atomic E-state index is 0.273. The molecule has 0 spiro atoms. The normalized spacial score (nSPS) is 10.4. The molecule has 182 valence electrons. The predicted octanol–water partition coefficient (Wildman–Crippen LogP) is 6.15. The fourth-order valence-corrected chi connectivity index (χ4v) is 3.84. The zero-order valence-corrected chi connectivity index (χ0v) is 20.1. The van der Waals surface area contributed by atoms with Gasteiger partial charge in [0.25, 0.3) is 0 Å². The highest BCUT2D eigenvalue weighted by Gasteiger charge is 2.22. The van der Waals surface area contributed by atoms with Crippen LogP contribution in [0, 0.1) is 0 Å². The first-order valence-electron chi connectivity index (χ1n) is 11.3. The Balaban J connectivity index is 1.86. The maximum absolute atomic E-state index is 11.8. The van der Waals surface area contributed by atoms with Gasteiger partial charge in [0.05, 0.1) is 14.2 Å². The van der Waals surface area contributed by atoms with Crippen LogP contribution in [-0.4, -0.2) is 26.8 Å². The van der Waals surface area contributed by atoms with Gasteiger partial charge in [0.15, 0.2) is 23.0 Å². The average molecular weight is 483 g/mol. The lowest BCUT2D eigenvalue weighted by molar-refractivity contribution is 0.111. The Labute approximate surface area is 210 Å². The van der Waals surface area contributed by atoms with E-state index in [1.807, 2.05) is 60.7 Å². The summed E-state index contributed by atoms with van der Waals surface area (Å²) in [7, 11) is 3.02. The molecule has 0 radical (unpaired) electrons. The number of benzene rings is 4. The van der Waals surface area contributed by atoms with Gasteiger partial charge in [-0.2, -0.15) is 0 Å². The van der Waals surface area contributed by atoms with E-state index in [9.17, 15) is 9.59 Å². The van der Waals surface area contributed by atoms with Crippen LogP contribution in [0.2, 0.25) is 0 Å². The first-order chi connectivity index (χ1) is 17.7. The standard InChI is InChI=1S/C30H26O6/c1-33-27-15-23(17-31)13-25(29(27)35-19-21-9-5-3-6-10-21)26-14-24(18-32)16-28(34-2)30(26)36-20-22-11-7-4-8-12-22/h3-18H,19-20H2,1-2H3. The first-order valence-corrected chi connectivity index (χ1v) is 11.3. The van der Waals surface area contributed by atoms with E-state index >= 15 is 0 Å². The van der Waals surface area contributed by atoms with Crippen LogP contribution in [0.15, 0.2) is 84.9 Å². The van der Waals surface area contributed by atoms with Crippen LogP contribution in [-0.2, 0) is 13.2 Å². The van der Waals surface area contributed by atoms with Crippen molar-refractivity contribution in [1.82, 2.24) is 0 Å². The van der Waals surface area contributed by atoms with Gasteiger partial charge in [0.2, 0.25) is 0 Å². The zero-order chi connectivity index (χ0) is 25.3. The van der Waals surface area contributed by atoms with Gasteiger partial charge in [-0.15, -0.1) is 0 Å². The van der Waals surface area contributed by atoms with E-state index in [2.05, 4.69) is 0 Å². The molecule has 0 heterocycles. The van der Waals surface area contributed by atoms with Gasteiger partial charge in [-0.25, -0.2) is 0 Å². The van der Waals surface area contributed by atoms with Crippen LogP contribution in [0.1, 0.15) is 31.8 Å². The third-order valence-electron chi connectivity index (χ3n) is 5.61. The van der Waals surface area contributed by atoms with E-state index in [1.54, 1.807) is 24.3 Å². The van der Waals surface area contributed by atoms with Gasteiger partial charge in [0, 0.05) is 22.3 Å². The number of methoxy groups -OCH3 is 2. The van der Waals surface area contributed by atoms with Crippen molar-refractivity contribution >= 4 is 12.6 Å². The summed E-state index contributed by atoms with van der Waals surface area (Å²) in [6.45, 7) is 0.546. The van der Waals surface area contributed by atoms with Crippen LogP contribution in [0.25, 0.3) is 11.1 Å². The molecule has 0 unspecified atom stereocenters. The molecule has 36 heavy (non-hydrogen) atoms.